The highest BCUT2D eigenvalue weighted by Crippen LogP contribution is 2.44. The summed E-state index contributed by atoms with van der Waals surface area (Å²) in [7, 11) is 1.51. The van der Waals surface area contributed by atoms with E-state index in [1.165, 1.54) is 35.9 Å². The number of para-hydroxylation sites is 2. The monoisotopic (exact) mass is 347 g/mol. The van der Waals surface area contributed by atoms with E-state index in [2.05, 4.69) is 0 Å². The van der Waals surface area contributed by atoms with E-state index >= 15 is 0 Å². The van der Waals surface area contributed by atoms with Gasteiger partial charge in [-0.15, -0.1) is 11.8 Å². The summed E-state index contributed by atoms with van der Waals surface area (Å²) in [4.78, 5) is 25.1. The zero-order chi connectivity index (χ0) is 17.3. The molecule has 7 heteroatoms. The third-order valence-corrected chi connectivity index (χ3v) is 4.88. The number of hydrogen-bond donors (Lipinski definition) is 1. The van der Waals surface area contributed by atoms with Crippen molar-refractivity contribution in [2.75, 3.05) is 17.8 Å². The molecular weight excluding hydrogens is 333 g/mol. The van der Waals surface area contributed by atoms with Crippen LogP contribution < -0.4 is 9.64 Å². The van der Waals surface area contributed by atoms with E-state index in [0.29, 0.717) is 17.0 Å². The molecular formula is C17H14FNO4S. The lowest BCUT2D eigenvalue weighted by molar-refractivity contribution is -0.115. The Morgan fingerprint density at radius 3 is 2.79 bits per heavy atom. The summed E-state index contributed by atoms with van der Waals surface area (Å²) in [6, 6.07) is 10.6. The zero-order valence-electron chi connectivity index (χ0n) is 12.7. The smallest absolute Gasteiger partial charge is 0.335 e. The second kappa shape index (κ2) is 6.52. The Hall–Kier alpha value is -2.54. The first-order chi connectivity index (χ1) is 11.5. The number of carboxylic acids is 1. The predicted molar refractivity (Wildman–Crippen MR) is 89.0 cm³/mol. The number of carboxylic acid groups (broad SMARTS) is 1. The molecule has 0 spiro atoms. The molecule has 1 aliphatic rings. The molecule has 3 rings (SSSR count). The Kier molecular flexibility index (Phi) is 4.44. The van der Waals surface area contributed by atoms with Crippen LogP contribution in [0.4, 0.5) is 10.1 Å². The first-order valence-corrected chi connectivity index (χ1v) is 8.16. The molecule has 1 heterocycles. The second-order valence-electron chi connectivity index (χ2n) is 5.18. The van der Waals surface area contributed by atoms with Crippen LogP contribution in [-0.4, -0.2) is 29.8 Å². The van der Waals surface area contributed by atoms with E-state index in [9.17, 15) is 14.0 Å². The largest absolute Gasteiger partial charge is 0.495 e. The molecule has 0 radical (unpaired) electrons. The van der Waals surface area contributed by atoms with Crippen LogP contribution in [0.2, 0.25) is 0 Å². The van der Waals surface area contributed by atoms with Gasteiger partial charge in [-0.1, -0.05) is 12.1 Å². The molecule has 1 N–H and O–H groups in total. The topological polar surface area (TPSA) is 66.8 Å². The minimum absolute atomic E-state index is 0.143. The maximum absolute atomic E-state index is 13.8. The molecule has 0 saturated carbocycles. The van der Waals surface area contributed by atoms with Crippen molar-refractivity contribution in [3.63, 3.8) is 0 Å². The van der Waals surface area contributed by atoms with Crippen molar-refractivity contribution in [1.29, 1.82) is 0 Å². The van der Waals surface area contributed by atoms with Crippen molar-refractivity contribution in [3.8, 4) is 5.75 Å². The molecule has 1 saturated heterocycles. The molecule has 2 aromatic carbocycles. The van der Waals surface area contributed by atoms with Crippen LogP contribution in [0.5, 0.6) is 5.75 Å². The summed E-state index contributed by atoms with van der Waals surface area (Å²) >= 11 is 1.32. The number of benzene rings is 2. The Bertz CT molecular complexity index is 811. The number of ether oxygens (including phenoxy) is 1. The average Bonchev–Trinajstić information content (AvgIpc) is 2.95. The average molecular weight is 347 g/mol. The summed E-state index contributed by atoms with van der Waals surface area (Å²) in [5.74, 6) is -1.26. The summed E-state index contributed by atoms with van der Waals surface area (Å²) in [5.41, 5.74) is 0.847. The van der Waals surface area contributed by atoms with Crippen LogP contribution in [0.3, 0.4) is 0 Å². The fourth-order valence-electron chi connectivity index (χ4n) is 2.64. The van der Waals surface area contributed by atoms with E-state index in [1.807, 2.05) is 0 Å². The van der Waals surface area contributed by atoms with Gasteiger partial charge in [0.25, 0.3) is 0 Å². The minimum atomic E-state index is -1.21. The van der Waals surface area contributed by atoms with Gasteiger partial charge in [-0.2, -0.15) is 0 Å². The molecule has 0 aliphatic carbocycles. The molecule has 5 nitrogen and oxygen atoms in total. The van der Waals surface area contributed by atoms with E-state index < -0.39 is 17.2 Å². The molecule has 0 bridgehead atoms. The van der Waals surface area contributed by atoms with Crippen LogP contribution in [-0.2, 0) is 4.79 Å². The van der Waals surface area contributed by atoms with Gasteiger partial charge in [0.15, 0.2) is 0 Å². The molecule has 0 aromatic heterocycles. The number of anilines is 1. The Morgan fingerprint density at radius 2 is 2.08 bits per heavy atom. The van der Waals surface area contributed by atoms with Gasteiger partial charge >= 0.3 is 5.97 Å². The van der Waals surface area contributed by atoms with Crippen LogP contribution >= 0.6 is 11.8 Å². The van der Waals surface area contributed by atoms with Crippen LogP contribution in [0.1, 0.15) is 21.3 Å². The van der Waals surface area contributed by atoms with Gasteiger partial charge < -0.3 is 9.84 Å². The highest BCUT2D eigenvalue weighted by molar-refractivity contribution is 8.00. The Balaban J connectivity index is 2.07. The van der Waals surface area contributed by atoms with Gasteiger partial charge in [0.1, 0.15) is 16.9 Å². The number of nitrogens with zero attached hydrogens (tertiary/aromatic N) is 1. The number of halogens is 1. The lowest BCUT2D eigenvalue weighted by Crippen LogP contribution is -2.28. The Morgan fingerprint density at radius 1 is 1.33 bits per heavy atom. The van der Waals surface area contributed by atoms with Crippen molar-refractivity contribution < 1.29 is 23.8 Å². The van der Waals surface area contributed by atoms with Gasteiger partial charge in [0.05, 0.1) is 24.1 Å². The number of thioether (sulfide) groups is 1. The van der Waals surface area contributed by atoms with Crippen molar-refractivity contribution in [2.45, 2.75) is 5.37 Å². The number of aromatic carboxylic acids is 1. The summed E-state index contributed by atoms with van der Waals surface area (Å²) in [5, 5.41) is 8.61. The van der Waals surface area contributed by atoms with Crippen molar-refractivity contribution in [1.82, 2.24) is 0 Å². The first kappa shape index (κ1) is 16.3. The third kappa shape index (κ3) is 2.94. The molecule has 24 heavy (non-hydrogen) atoms. The van der Waals surface area contributed by atoms with Crippen molar-refractivity contribution >= 4 is 29.3 Å². The van der Waals surface area contributed by atoms with Gasteiger partial charge in [-0.3, -0.25) is 9.69 Å². The Labute approximate surface area is 142 Å². The van der Waals surface area contributed by atoms with Gasteiger partial charge in [0, 0.05) is 0 Å². The van der Waals surface area contributed by atoms with E-state index in [4.69, 9.17) is 9.84 Å². The lowest BCUT2D eigenvalue weighted by atomic mass is 10.1. The fourth-order valence-corrected chi connectivity index (χ4v) is 3.79. The quantitative estimate of drug-likeness (QED) is 0.919. The predicted octanol–water partition coefficient (Wildman–Crippen LogP) is 3.31. The SMILES string of the molecule is COc1ccccc1N1C(=O)CSC1c1cc(F)cc(C(=O)O)c1. The maximum Gasteiger partial charge on any atom is 0.335 e. The first-order valence-electron chi connectivity index (χ1n) is 7.11. The molecule has 1 amide bonds. The summed E-state index contributed by atoms with van der Waals surface area (Å²) < 4.78 is 19.1. The summed E-state index contributed by atoms with van der Waals surface area (Å²) in [6.07, 6.45) is 0. The van der Waals surface area contributed by atoms with Gasteiger partial charge in [0.2, 0.25) is 5.91 Å². The molecule has 124 valence electrons. The maximum atomic E-state index is 13.8. The highest BCUT2D eigenvalue weighted by Gasteiger charge is 2.36. The number of carbonyl (C=O) groups excluding carboxylic acids is 1. The van der Waals surface area contributed by atoms with Gasteiger partial charge in [-0.25, -0.2) is 9.18 Å². The second-order valence-corrected chi connectivity index (χ2v) is 6.25. The number of methoxy groups -OCH3 is 1. The van der Waals surface area contributed by atoms with E-state index in [0.717, 1.165) is 6.07 Å². The number of amides is 1. The molecule has 1 fully saturated rings. The highest BCUT2D eigenvalue weighted by atomic mass is 32.2. The fraction of sp³-hybridized carbons (Fsp3) is 0.176. The number of hydrogen-bond acceptors (Lipinski definition) is 4. The van der Waals surface area contributed by atoms with Crippen LogP contribution in [0.15, 0.2) is 42.5 Å². The lowest BCUT2D eigenvalue weighted by Gasteiger charge is -2.26. The van der Waals surface area contributed by atoms with Crippen LogP contribution in [0, 0.1) is 5.82 Å². The van der Waals surface area contributed by atoms with Crippen LogP contribution in [0.25, 0.3) is 0 Å². The van der Waals surface area contributed by atoms with Gasteiger partial charge in [-0.05, 0) is 35.9 Å². The number of carbonyl (C=O) groups is 2. The summed E-state index contributed by atoms with van der Waals surface area (Å²) in [6.45, 7) is 0. The third-order valence-electron chi connectivity index (χ3n) is 3.66. The standard InChI is InChI=1S/C17H14FNO4S/c1-23-14-5-3-2-4-13(14)19-15(20)9-24-16(19)10-6-11(17(21)22)8-12(18)7-10/h2-8,16H,9H2,1H3,(H,21,22). The normalized spacial score (nSPS) is 17.2. The van der Waals surface area contributed by atoms with Crippen molar-refractivity contribution in [3.05, 3.63) is 59.4 Å². The molecule has 1 unspecified atom stereocenters. The van der Waals surface area contributed by atoms with Crippen molar-refractivity contribution in [2.24, 2.45) is 0 Å². The van der Waals surface area contributed by atoms with E-state index in [-0.39, 0.29) is 17.2 Å². The minimum Gasteiger partial charge on any atom is -0.495 e. The zero-order valence-corrected chi connectivity index (χ0v) is 13.5. The molecule has 1 aliphatic heterocycles. The molecule has 2 aromatic rings. The van der Waals surface area contributed by atoms with E-state index in [1.54, 1.807) is 24.3 Å². The molecule has 1 atom stereocenters. The number of rotatable bonds is 4.